The second-order valence-corrected chi connectivity index (χ2v) is 6.20. The third-order valence-electron chi connectivity index (χ3n) is 4.52. The number of rotatable bonds is 1. The number of nitrogens with one attached hydrogen (secondary N) is 1. The largest absolute Gasteiger partial charge is 0.492 e. The molecule has 0 unspecified atom stereocenters. The van der Waals surface area contributed by atoms with Crippen molar-refractivity contribution in [2.45, 2.75) is 58.3 Å². The first kappa shape index (κ1) is 15.0. The van der Waals surface area contributed by atoms with E-state index in [1.54, 1.807) is 0 Å². The van der Waals surface area contributed by atoms with Crippen molar-refractivity contribution < 1.29 is 14.0 Å². The van der Waals surface area contributed by atoms with Gasteiger partial charge in [0.1, 0.15) is 0 Å². The molecular weight excluding hydrogens is 241 g/mol. The molecule has 0 aliphatic carbocycles. The van der Waals surface area contributed by atoms with Gasteiger partial charge in [-0.25, -0.2) is 0 Å². The van der Waals surface area contributed by atoms with Crippen LogP contribution in [0.2, 0.25) is 0 Å². The molecule has 0 aromatic carbocycles. The summed E-state index contributed by atoms with van der Waals surface area (Å²) in [6.07, 6.45) is 2.19. The van der Waals surface area contributed by atoms with Crippen LogP contribution in [0.25, 0.3) is 0 Å². The lowest BCUT2D eigenvalue weighted by molar-refractivity contribution is -0.0463. The second kappa shape index (κ2) is 4.88. The van der Waals surface area contributed by atoms with Gasteiger partial charge in [-0.05, 0) is 33.2 Å². The Morgan fingerprint density at radius 2 is 1.58 bits per heavy atom. The number of hydrogen-bond donors (Lipinski definition) is 1. The van der Waals surface area contributed by atoms with Crippen LogP contribution in [0.15, 0.2) is 11.5 Å². The number of hydrogen-bond acceptors (Lipinski definition) is 4. The van der Waals surface area contributed by atoms with Crippen LogP contribution in [0.3, 0.4) is 0 Å². The second-order valence-electron chi connectivity index (χ2n) is 6.20. The fourth-order valence-corrected chi connectivity index (χ4v) is 2.52. The smallest absolute Gasteiger partial charge is 0.400 e. The van der Waals surface area contributed by atoms with Crippen LogP contribution in [0.1, 0.15) is 41.5 Å². The van der Waals surface area contributed by atoms with Gasteiger partial charge in [-0.15, -0.1) is 0 Å². The molecule has 3 aliphatic heterocycles. The third-order valence-corrected chi connectivity index (χ3v) is 4.52. The van der Waals surface area contributed by atoms with Crippen molar-refractivity contribution in [1.29, 1.82) is 0 Å². The van der Waals surface area contributed by atoms with Gasteiger partial charge in [0, 0.05) is 6.54 Å². The Kier molecular flexibility index (Phi) is 3.86. The van der Waals surface area contributed by atoms with Crippen LogP contribution in [-0.4, -0.2) is 43.6 Å². The van der Waals surface area contributed by atoms with E-state index in [0.29, 0.717) is 0 Å². The molecule has 108 valence electrons. The summed E-state index contributed by atoms with van der Waals surface area (Å²) in [6.45, 7) is 14.7. The Morgan fingerprint density at radius 1 is 1.05 bits per heavy atom. The van der Waals surface area contributed by atoms with Gasteiger partial charge in [0.05, 0.1) is 30.0 Å². The summed E-state index contributed by atoms with van der Waals surface area (Å²) in [5.41, 5.74) is 0.642. The fraction of sp³-hybridized carbons (Fsp3) is 0.857. The van der Waals surface area contributed by atoms with Gasteiger partial charge in [0.15, 0.2) is 0 Å². The van der Waals surface area contributed by atoms with E-state index in [4.69, 9.17) is 14.0 Å². The van der Waals surface area contributed by atoms with Gasteiger partial charge in [0.2, 0.25) is 0 Å². The van der Waals surface area contributed by atoms with Gasteiger partial charge < -0.3 is 19.4 Å². The molecule has 2 saturated heterocycles. The molecule has 4 nitrogen and oxygen atoms in total. The summed E-state index contributed by atoms with van der Waals surface area (Å²) in [5, 5.41) is 3.47. The van der Waals surface area contributed by atoms with Crippen molar-refractivity contribution >= 4 is 7.12 Å². The molecule has 3 aliphatic rings. The highest BCUT2D eigenvalue weighted by molar-refractivity contribution is 6.55. The molecule has 0 amide bonds. The van der Waals surface area contributed by atoms with Crippen molar-refractivity contribution in [3.8, 4) is 0 Å². The van der Waals surface area contributed by atoms with E-state index >= 15 is 0 Å². The maximum atomic E-state index is 6.09. The van der Waals surface area contributed by atoms with Gasteiger partial charge in [0.25, 0.3) is 0 Å². The Balaban J connectivity index is 0.000000637. The predicted molar refractivity (Wildman–Crippen MR) is 77.1 cm³/mol. The molecule has 5 heteroatoms. The van der Waals surface area contributed by atoms with E-state index in [-0.39, 0.29) is 23.9 Å². The molecule has 0 saturated carbocycles. The van der Waals surface area contributed by atoms with Crippen LogP contribution in [-0.2, 0) is 14.0 Å². The van der Waals surface area contributed by atoms with Gasteiger partial charge in [-0.1, -0.05) is 19.9 Å². The molecule has 0 radical (unpaired) electrons. The minimum atomic E-state index is -0.271. The number of ether oxygens (including phenoxy) is 1. The molecular formula is C14H26BNO3. The zero-order valence-corrected chi connectivity index (χ0v) is 13.0. The van der Waals surface area contributed by atoms with Gasteiger partial charge in [-0.3, -0.25) is 0 Å². The van der Waals surface area contributed by atoms with E-state index in [9.17, 15) is 0 Å². The highest BCUT2D eigenvalue weighted by Gasteiger charge is 2.58. The Hall–Kier alpha value is -0.355. The summed E-state index contributed by atoms with van der Waals surface area (Å²) < 4.78 is 17.5. The molecule has 2 fully saturated rings. The average molecular weight is 267 g/mol. The van der Waals surface area contributed by atoms with E-state index < -0.39 is 0 Å². The minimum absolute atomic E-state index is 0.0266. The first-order chi connectivity index (χ1) is 8.86. The van der Waals surface area contributed by atoms with E-state index in [1.807, 2.05) is 13.8 Å². The molecule has 3 heterocycles. The van der Waals surface area contributed by atoms with Crippen LogP contribution in [0.5, 0.6) is 0 Å². The Bertz CT molecular complexity index is 359. The zero-order chi connectivity index (χ0) is 14.3. The molecule has 0 aromatic heterocycles. The first-order valence-electron chi connectivity index (χ1n) is 7.25. The normalized spacial score (nSPS) is 29.6. The van der Waals surface area contributed by atoms with Crippen molar-refractivity contribution in [2.24, 2.45) is 0 Å². The van der Waals surface area contributed by atoms with E-state index in [0.717, 1.165) is 19.8 Å². The predicted octanol–water partition coefficient (Wildman–Crippen LogP) is 1.94. The lowest BCUT2D eigenvalue weighted by atomic mass is 9.67. The highest BCUT2D eigenvalue weighted by Crippen LogP contribution is 2.42. The first-order valence-corrected chi connectivity index (χ1v) is 7.25. The zero-order valence-electron chi connectivity index (χ0n) is 13.0. The van der Waals surface area contributed by atoms with Gasteiger partial charge in [-0.2, -0.15) is 0 Å². The summed E-state index contributed by atoms with van der Waals surface area (Å²) in [7, 11) is -0.237. The molecule has 0 aromatic rings. The quantitative estimate of drug-likeness (QED) is 0.737. The topological polar surface area (TPSA) is 39.7 Å². The van der Waals surface area contributed by atoms with E-state index in [2.05, 4.69) is 39.1 Å². The van der Waals surface area contributed by atoms with Crippen LogP contribution in [0.4, 0.5) is 0 Å². The lowest BCUT2D eigenvalue weighted by Crippen LogP contribution is -2.61. The van der Waals surface area contributed by atoms with Crippen molar-refractivity contribution in [3.05, 3.63) is 11.5 Å². The molecule has 1 N–H and O–H groups in total. The van der Waals surface area contributed by atoms with Crippen LogP contribution in [0, 0.1) is 0 Å². The van der Waals surface area contributed by atoms with Crippen LogP contribution >= 0.6 is 0 Å². The lowest BCUT2D eigenvalue weighted by Gasteiger charge is -2.41. The summed E-state index contributed by atoms with van der Waals surface area (Å²) >= 11 is 0. The minimum Gasteiger partial charge on any atom is -0.400 e. The third kappa shape index (κ3) is 2.27. The Labute approximate surface area is 117 Å². The molecule has 0 atom stereocenters. The monoisotopic (exact) mass is 267 g/mol. The van der Waals surface area contributed by atoms with E-state index in [1.165, 1.54) is 5.47 Å². The summed E-state index contributed by atoms with van der Waals surface area (Å²) in [4.78, 5) is 0. The standard InChI is InChI=1S/C12H20BNO3.C2H6/c1-10(2)11(3,4)17-13(16-10)9-5-6-14-12(9)7-15-8-12;1-2/h5,14H,6-8H2,1-4H3;1-2H3. The van der Waals surface area contributed by atoms with Gasteiger partial charge >= 0.3 is 7.12 Å². The van der Waals surface area contributed by atoms with Crippen molar-refractivity contribution in [2.75, 3.05) is 19.8 Å². The Morgan fingerprint density at radius 3 is 2.00 bits per heavy atom. The maximum Gasteiger partial charge on any atom is 0.492 e. The SMILES string of the molecule is CC.CC1(C)OB(C2=CCNC23COC3)OC1(C)C. The molecule has 1 spiro atoms. The highest BCUT2D eigenvalue weighted by atomic mass is 16.7. The van der Waals surface area contributed by atoms with Crippen LogP contribution < -0.4 is 5.32 Å². The molecule has 0 bridgehead atoms. The molecule has 3 rings (SSSR count). The average Bonchev–Trinajstić information content (AvgIpc) is 2.81. The fourth-order valence-electron chi connectivity index (χ4n) is 2.52. The van der Waals surface area contributed by atoms with Crippen molar-refractivity contribution in [1.82, 2.24) is 5.32 Å². The summed E-state index contributed by atoms with van der Waals surface area (Å²) in [5.74, 6) is 0. The van der Waals surface area contributed by atoms with Crippen molar-refractivity contribution in [3.63, 3.8) is 0 Å². The summed E-state index contributed by atoms with van der Waals surface area (Å²) in [6, 6.07) is 0. The maximum absolute atomic E-state index is 6.09. The molecule has 19 heavy (non-hydrogen) atoms.